The first-order chi connectivity index (χ1) is 14.7. The molecule has 2 aromatic rings. The summed E-state index contributed by atoms with van der Waals surface area (Å²) in [5.41, 5.74) is 0. The van der Waals surface area contributed by atoms with Gasteiger partial charge in [-0.2, -0.15) is 0 Å². The molecule has 0 unspecified atom stereocenters. The van der Waals surface area contributed by atoms with Crippen LogP contribution < -0.4 is 0 Å². The van der Waals surface area contributed by atoms with Crippen molar-refractivity contribution in [3.8, 4) is 0 Å². The smallest absolute Gasteiger partial charge is 0.252 e. The molecule has 0 bridgehead atoms. The number of amides is 2. The number of hydrogen-bond donors (Lipinski definition) is 1. The van der Waals surface area contributed by atoms with Gasteiger partial charge in [-0.1, -0.05) is 23.7 Å². The van der Waals surface area contributed by atoms with Crippen LogP contribution in [0.15, 0.2) is 41.3 Å². The predicted molar refractivity (Wildman–Crippen MR) is 116 cm³/mol. The van der Waals surface area contributed by atoms with Gasteiger partial charge in [-0.05, 0) is 41.5 Å². The summed E-state index contributed by atoms with van der Waals surface area (Å²) in [5.74, 6) is -1.21. The molecule has 2 aliphatic heterocycles. The Morgan fingerprint density at radius 3 is 2.39 bits per heavy atom. The highest BCUT2D eigenvalue weighted by Gasteiger charge is 2.33. The number of piperazine rings is 1. The number of fused-ring (bicyclic) bond motifs is 1. The molecule has 166 valence electrons. The molecular weight excluding hydrogens is 442 g/mol. The Kier molecular flexibility index (Phi) is 6.20. The van der Waals surface area contributed by atoms with Gasteiger partial charge in [0.25, 0.3) is 5.91 Å². The summed E-state index contributed by atoms with van der Waals surface area (Å²) >= 11 is 5.96. The standard InChI is InChI=1S/C21H24ClN3O5S/c22-17-5-3-16-13-18(6-4-15(16)12-17)31(29,30)14-19(26)21(28)23-8-10-24(11-9-23)25-7-1-2-20(25)27/h3-6,12-13,19,26H,1-2,7-11,14H2/t19-/m1/s1. The van der Waals surface area contributed by atoms with E-state index in [0.717, 1.165) is 11.8 Å². The highest BCUT2D eigenvalue weighted by molar-refractivity contribution is 7.91. The third kappa shape index (κ3) is 4.69. The summed E-state index contributed by atoms with van der Waals surface area (Å²) in [6.07, 6.45) is -0.278. The SMILES string of the molecule is O=C([C@H](O)CS(=O)(=O)c1ccc2cc(Cl)ccc2c1)N1CCN(N2CCCC2=O)CC1. The monoisotopic (exact) mass is 465 g/mol. The van der Waals surface area contributed by atoms with Gasteiger partial charge in [0.15, 0.2) is 9.84 Å². The molecule has 2 aromatic carbocycles. The molecule has 0 aliphatic carbocycles. The molecule has 2 heterocycles. The van der Waals surface area contributed by atoms with Crippen LogP contribution in [0.3, 0.4) is 0 Å². The average molecular weight is 466 g/mol. The zero-order valence-corrected chi connectivity index (χ0v) is 18.5. The summed E-state index contributed by atoms with van der Waals surface area (Å²) in [4.78, 5) is 26.0. The molecular formula is C21H24ClN3O5S. The van der Waals surface area contributed by atoms with Crippen molar-refractivity contribution in [3.05, 3.63) is 41.4 Å². The summed E-state index contributed by atoms with van der Waals surface area (Å²) in [5, 5.41) is 16.1. The number of nitrogens with zero attached hydrogens (tertiary/aromatic N) is 3. The topological polar surface area (TPSA) is 98.2 Å². The van der Waals surface area contributed by atoms with Crippen molar-refractivity contribution in [1.29, 1.82) is 0 Å². The van der Waals surface area contributed by atoms with Crippen LogP contribution in [0, 0.1) is 0 Å². The Balaban J connectivity index is 1.39. The first kappa shape index (κ1) is 22.0. The van der Waals surface area contributed by atoms with Crippen LogP contribution in [0.1, 0.15) is 12.8 Å². The molecule has 0 aromatic heterocycles. The van der Waals surface area contributed by atoms with Gasteiger partial charge in [-0.3, -0.25) is 14.6 Å². The van der Waals surface area contributed by atoms with Gasteiger partial charge < -0.3 is 10.0 Å². The van der Waals surface area contributed by atoms with E-state index in [2.05, 4.69) is 0 Å². The molecule has 0 spiro atoms. The number of aliphatic hydroxyl groups is 1. The lowest BCUT2D eigenvalue weighted by Crippen LogP contribution is -2.57. The van der Waals surface area contributed by atoms with Gasteiger partial charge in [0.05, 0.1) is 10.6 Å². The van der Waals surface area contributed by atoms with Crippen LogP contribution in [0.4, 0.5) is 0 Å². The molecule has 4 rings (SSSR count). The highest BCUT2D eigenvalue weighted by Crippen LogP contribution is 2.24. The Bertz CT molecular complexity index is 1120. The maximum absolute atomic E-state index is 12.8. The number of benzene rings is 2. The number of aliphatic hydroxyl groups excluding tert-OH is 1. The van der Waals surface area contributed by atoms with Crippen molar-refractivity contribution in [2.75, 3.05) is 38.5 Å². The molecule has 31 heavy (non-hydrogen) atoms. The zero-order chi connectivity index (χ0) is 22.2. The van der Waals surface area contributed by atoms with Crippen LogP contribution in [0.2, 0.25) is 5.02 Å². The molecule has 2 fully saturated rings. The van der Waals surface area contributed by atoms with Crippen molar-refractivity contribution < 1.29 is 23.1 Å². The van der Waals surface area contributed by atoms with E-state index < -0.39 is 27.6 Å². The Morgan fingerprint density at radius 1 is 1.03 bits per heavy atom. The number of sulfone groups is 1. The summed E-state index contributed by atoms with van der Waals surface area (Å²) < 4.78 is 25.6. The van der Waals surface area contributed by atoms with E-state index in [1.807, 2.05) is 5.01 Å². The van der Waals surface area contributed by atoms with E-state index >= 15 is 0 Å². The Labute approximate surface area is 185 Å². The third-order valence-electron chi connectivity index (χ3n) is 5.75. The van der Waals surface area contributed by atoms with E-state index in [4.69, 9.17) is 11.6 Å². The zero-order valence-electron chi connectivity index (χ0n) is 16.9. The van der Waals surface area contributed by atoms with E-state index in [1.165, 1.54) is 17.0 Å². The first-order valence-corrected chi connectivity index (χ1v) is 12.2. The van der Waals surface area contributed by atoms with Crippen molar-refractivity contribution in [2.45, 2.75) is 23.8 Å². The number of halogens is 1. The second-order valence-corrected chi connectivity index (χ2v) is 10.3. The van der Waals surface area contributed by atoms with E-state index in [1.54, 1.807) is 29.3 Å². The van der Waals surface area contributed by atoms with Gasteiger partial charge in [-0.25, -0.2) is 13.4 Å². The van der Waals surface area contributed by atoms with Crippen LogP contribution in [0.5, 0.6) is 0 Å². The molecule has 2 amide bonds. The Hall–Kier alpha value is -2.20. The first-order valence-electron chi connectivity index (χ1n) is 10.2. The molecule has 0 radical (unpaired) electrons. The van der Waals surface area contributed by atoms with E-state index in [9.17, 15) is 23.1 Å². The van der Waals surface area contributed by atoms with Gasteiger partial charge in [0.1, 0.15) is 6.10 Å². The fourth-order valence-electron chi connectivity index (χ4n) is 4.06. The molecule has 0 saturated carbocycles. The summed E-state index contributed by atoms with van der Waals surface area (Å²) in [7, 11) is -3.87. The molecule has 2 saturated heterocycles. The molecule has 8 nitrogen and oxygen atoms in total. The largest absolute Gasteiger partial charge is 0.382 e. The second kappa shape index (κ2) is 8.74. The number of rotatable bonds is 5. The van der Waals surface area contributed by atoms with Gasteiger partial charge in [-0.15, -0.1) is 0 Å². The van der Waals surface area contributed by atoms with Crippen molar-refractivity contribution in [2.24, 2.45) is 0 Å². The minimum Gasteiger partial charge on any atom is -0.382 e. The minimum absolute atomic E-state index is 0.0477. The van der Waals surface area contributed by atoms with Gasteiger partial charge >= 0.3 is 0 Å². The van der Waals surface area contributed by atoms with Gasteiger partial charge in [0, 0.05) is 44.2 Å². The van der Waals surface area contributed by atoms with E-state index in [0.29, 0.717) is 49.6 Å². The summed E-state index contributed by atoms with van der Waals surface area (Å²) in [6.45, 7) is 2.30. The maximum Gasteiger partial charge on any atom is 0.252 e. The lowest BCUT2D eigenvalue weighted by Gasteiger charge is -2.39. The summed E-state index contributed by atoms with van der Waals surface area (Å²) in [6, 6.07) is 9.76. The normalized spacial score (nSPS) is 19.2. The molecule has 10 heteroatoms. The van der Waals surface area contributed by atoms with Crippen molar-refractivity contribution in [3.63, 3.8) is 0 Å². The van der Waals surface area contributed by atoms with Crippen LogP contribution >= 0.6 is 11.6 Å². The molecule has 2 aliphatic rings. The maximum atomic E-state index is 12.8. The number of hydrazine groups is 1. The van der Waals surface area contributed by atoms with Crippen LogP contribution in [0.25, 0.3) is 10.8 Å². The third-order valence-corrected chi connectivity index (χ3v) is 7.71. The molecule has 1 N–H and O–H groups in total. The Morgan fingerprint density at radius 2 is 1.71 bits per heavy atom. The molecule has 1 atom stereocenters. The highest BCUT2D eigenvalue weighted by atomic mass is 35.5. The fraction of sp³-hybridized carbons (Fsp3) is 0.429. The van der Waals surface area contributed by atoms with Crippen molar-refractivity contribution in [1.82, 2.24) is 14.9 Å². The lowest BCUT2D eigenvalue weighted by molar-refractivity contribution is -0.151. The quantitative estimate of drug-likeness (QED) is 0.715. The minimum atomic E-state index is -3.87. The van der Waals surface area contributed by atoms with Gasteiger partial charge in [0.2, 0.25) is 5.91 Å². The predicted octanol–water partition coefficient (Wildman–Crippen LogP) is 1.31. The van der Waals surface area contributed by atoms with Crippen LogP contribution in [-0.2, 0) is 19.4 Å². The number of hydrogen-bond acceptors (Lipinski definition) is 6. The van der Waals surface area contributed by atoms with Crippen LogP contribution in [-0.4, -0.2) is 84.8 Å². The lowest BCUT2D eigenvalue weighted by atomic mass is 10.1. The number of carbonyl (C=O) groups is 2. The fourth-order valence-corrected chi connectivity index (χ4v) is 5.58. The second-order valence-electron chi connectivity index (χ2n) is 7.85. The average Bonchev–Trinajstić information content (AvgIpc) is 3.18. The number of carbonyl (C=O) groups excluding carboxylic acids is 2. The van der Waals surface area contributed by atoms with E-state index in [-0.39, 0.29) is 10.8 Å². The van der Waals surface area contributed by atoms with Crippen molar-refractivity contribution >= 4 is 44.0 Å².